The lowest BCUT2D eigenvalue weighted by atomic mass is 9.98. The number of amides is 1. The Kier molecular flexibility index (Phi) is 5.72. The third-order valence-electron chi connectivity index (χ3n) is 5.24. The molecule has 4 nitrogen and oxygen atoms in total. The van der Waals surface area contributed by atoms with Crippen LogP contribution in [0.1, 0.15) is 28.2 Å². The average molecular weight is 397 g/mol. The summed E-state index contributed by atoms with van der Waals surface area (Å²) in [7, 11) is 1.62. The quantitative estimate of drug-likeness (QED) is 0.638. The normalized spacial score (nSPS) is 11.7. The fourth-order valence-corrected chi connectivity index (χ4v) is 3.81. The largest absolute Gasteiger partial charge is 0.495 e. The second kappa shape index (κ2) is 8.75. The third kappa shape index (κ3) is 4.01. The maximum atomic E-state index is 12.2. The van der Waals surface area contributed by atoms with E-state index in [-0.39, 0.29) is 12.5 Å². The van der Waals surface area contributed by atoms with Crippen LogP contribution in [-0.4, -0.2) is 26.4 Å². The summed E-state index contributed by atoms with van der Waals surface area (Å²) in [6.45, 7) is 2.49. The zero-order chi connectivity index (χ0) is 20.9. The second-order valence-electron chi connectivity index (χ2n) is 7.18. The first kappa shape index (κ1) is 19.6. The van der Waals surface area contributed by atoms with Crippen molar-refractivity contribution in [2.75, 3.05) is 20.3 Å². The van der Waals surface area contributed by atoms with Gasteiger partial charge in [0.1, 0.15) is 12.4 Å². The molecule has 1 aliphatic carbocycles. The van der Waals surface area contributed by atoms with Crippen LogP contribution in [0.3, 0.4) is 0 Å². The zero-order valence-corrected chi connectivity index (χ0v) is 17.1. The molecule has 1 amide bonds. The van der Waals surface area contributed by atoms with Crippen molar-refractivity contribution in [3.63, 3.8) is 0 Å². The van der Waals surface area contributed by atoms with E-state index < -0.39 is 6.09 Å². The highest BCUT2D eigenvalue weighted by molar-refractivity contribution is 5.79. The van der Waals surface area contributed by atoms with Crippen molar-refractivity contribution in [3.05, 3.63) is 89.0 Å². The lowest BCUT2D eigenvalue weighted by Crippen LogP contribution is -2.26. The van der Waals surface area contributed by atoms with Gasteiger partial charge < -0.3 is 14.8 Å². The molecular formula is C26H23NO3. The zero-order valence-electron chi connectivity index (χ0n) is 17.1. The van der Waals surface area contributed by atoms with E-state index in [9.17, 15) is 4.79 Å². The number of hydrogen-bond acceptors (Lipinski definition) is 3. The number of nitrogens with one attached hydrogen (secondary N) is 1. The summed E-state index contributed by atoms with van der Waals surface area (Å²) in [5.74, 6) is 6.74. The minimum Gasteiger partial charge on any atom is -0.495 e. The molecular weight excluding hydrogens is 374 g/mol. The number of hydrogen-bond donors (Lipinski definition) is 1. The van der Waals surface area contributed by atoms with Gasteiger partial charge in [-0.25, -0.2) is 4.79 Å². The van der Waals surface area contributed by atoms with E-state index in [0.717, 1.165) is 16.9 Å². The standard InChI is InChI=1S/C26H23NO3/c1-18-13-14-19(25(16-18)29-2)8-7-15-27-26(28)30-17-24-22-11-5-3-9-20(22)21-10-4-6-12-23(21)24/h3-6,9-14,16,24H,15,17H2,1-2H3,(H,27,28). The van der Waals surface area contributed by atoms with Crippen LogP contribution in [0.15, 0.2) is 66.7 Å². The molecule has 0 spiro atoms. The van der Waals surface area contributed by atoms with E-state index in [0.29, 0.717) is 6.61 Å². The predicted molar refractivity (Wildman–Crippen MR) is 118 cm³/mol. The molecule has 0 aromatic heterocycles. The molecule has 0 bridgehead atoms. The van der Waals surface area contributed by atoms with E-state index in [4.69, 9.17) is 9.47 Å². The van der Waals surface area contributed by atoms with Crippen molar-refractivity contribution in [2.24, 2.45) is 0 Å². The van der Waals surface area contributed by atoms with Gasteiger partial charge >= 0.3 is 6.09 Å². The molecule has 3 aromatic carbocycles. The topological polar surface area (TPSA) is 47.6 Å². The molecule has 0 saturated heterocycles. The molecule has 0 aliphatic heterocycles. The highest BCUT2D eigenvalue weighted by Gasteiger charge is 2.28. The van der Waals surface area contributed by atoms with Gasteiger partial charge in [-0.2, -0.15) is 0 Å². The van der Waals surface area contributed by atoms with Crippen molar-refractivity contribution >= 4 is 6.09 Å². The molecule has 1 N–H and O–H groups in total. The van der Waals surface area contributed by atoms with Gasteiger partial charge in [0.05, 0.1) is 19.2 Å². The van der Waals surface area contributed by atoms with Crippen LogP contribution in [0.2, 0.25) is 0 Å². The Morgan fingerprint density at radius 2 is 1.67 bits per heavy atom. The van der Waals surface area contributed by atoms with Crippen LogP contribution < -0.4 is 10.1 Å². The molecule has 0 atom stereocenters. The maximum absolute atomic E-state index is 12.2. The number of carbonyl (C=O) groups is 1. The number of rotatable bonds is 4. The minimum absolute atomic E-state index is 0.0473. The van der Waals surface area contributed by atoms with Crippen molar-refractivity contribution in [1.82, 2.24) is 5.32 Å². The Morgan fingerprint density at radius 1 is 1.00 bits per heavy atom. The van der Waals surface area contributed by atoms with Crippen molar-refractivity contribution in [3.8, 4) is 28.7 Å². The Labute approximate surface area is 176 Å². The average Bonchev–Trinajstić information content (AvgIpc) is 3.10. The SMILES string of the molecule is COc1cc(C)ccc1C#CCNC(=O)OCC1c2ccccc2-c2ccccc21. The minimum atomic E-state index is -0.470. The predicted octanol–water partition coefficient (Wildman–Crippen LogP) is 4.89. The molecule has 0 unspecified atom stereocenters. The van der Waals surface area contributed by atoms with Crippen LogP contribution in [0.4, 0.5) is 4.79 Å². The number of alkyl carbamates (subject to hydrolysis) is 1. The van der Waals surface area contributed by atoms with Gasteiger partial charge in [0, 0.05) is 5.92 Å². The first-order valence-corrected chi connectivity index (χ1v) is 9.89. The van der Waals surface area contributed by atoms with Gasteiger partial charge in [0.15, 0.2) is 0 Å². The van der Waals surface area contributed by atoms with E-state index >= 15 is 0 Å². The number of aryl methyl sites for hydroxylation is 1. The van der Waals surface area contributed by atoms with Crippen molar-refractivity contribution in [1.29, 1.82) is 0 Å². The summed E-state index contributed by atoms with van der Waals surface area (Å²) < 4.78 is 10.9. The molecule has 0 fully saturated rings. The first-order chi connectivity index (χ1) is 14.7. The summed E-state index contributed by atoms with van der Waals surface area (Å²) in [6, 6.07) is 22.4. The molecule has 4 heteroatoms. The van der Waals surface area contributed by atoms with Crippen molar-refractivity contribution in [2.45, 2.75) is 12.8 Å². The Morgan fingerprint density at radius 3 is 2.33 bits per heavy atom. The van der Waals surface area contributed by atoms with Crippen LogP contribution in [0.5, 0.6) is 5.75 Å². The number of fused-ring (bicyclic) bond motifs is 3. The number of benzene rings is 3. The fourth-order valence-electron chi connectivity index (χ4n) is 3.81. The van der Waals surface area contributed by atoms with E-state index in [1.807, 2.05) is 49.4 Å². The lowest BCUT2D eigenvalue weighted by molar-refractivity contribution is 0.144. The molecule has 0 radical (unpaired) electrons. The van der Waals surface area contributed by atoms with Crippen LogP contribution in [0, 0.1) is 18.8 Å². The van der Waals surface area contributed by atoms with Gasteiger partial charge in [-0.1, -0.05) is 66.4 Å². The summed E-state index contributed by atoms with van der Waals surface area (Å²) in [6.07, 6.45) is -0.470. The molecule has 150 valence electrons. The van der Waals surface area contributed by atoms with Gasteiger partial charge in [0.25, 0.3) is 0 Å². The molecule has 3 aromatic rings. The van der Waals surface area contributed by atoms with Crippen LogP contribution >= 0.6 is 0 Å². The monoisotopic (exact) mass is 397 g/mol. The lowest BCUT2D eigenvalue weighted by Gasteiger charge is -2.14. The van der Waals surface area contributed by atoms with Crippen molar-refractivity contribution < 1.29 is 14.3 Å². The number of carbonyl (C=O) groups excluding carboxylic acids is 1. The van der Waals surface area contributed by atoms with Gasteiger partial charge in [-0.05, 0) is 46.9 Å². The molecule has 0 saturated carbocycles. The second-order valence-corrected chi connectivity index (χ2v) is 7.18. The highest BCUT2D eigenvalue weighted by Crippen LogP contribution is 2.44. The smallest absolute Gasteiger partial charge is 0.407 e. The number of methoxy groups -OCH3 is 1. The van der Waals surface area contributed by atoms with E-state index in [1.165, 1.54) is 22.3 Å². The van der Waals surface area contributed by atoms with Gasteiger partial charge in [-0.15, -0.1) is 0 Å². The summed E-state index contributed by atoms with van der Waals surface area (Å²) in [5.41, 5.74) is 6.70. The van der Waals surface area contributed by atoms with Crippen LogP contribution in [-0.2, 0) is 4.74 Å². The Bertz CT molecular complexity index is 1090. The first-order valence-electron chi connectivity index (χ1n) is 9.89. The highest BCUT2D eigenvalue weighted by atomic mass is 16.5. The summed E-state index contributed by atoms with van der Waals surface area (Å²) in [5, 5.41) is 2.70. The molecule has 0 heterocycles. The maximum Gasteiger partial charge on any atom is 0.407 e. The van der Waals surface area contributed by atoms with E-state index in [1.54, 1.807) is 7.11 Å². The molecule has 4 rings (SSSR count). The Hall–Kier alpha value is -3.71. The molecule has 1 aliphatic rings. The van der Waals surface area contributed by atoms with Crippen LogP contribution in [0.25, 0.3) is 11.1 Å². The third-order valence-corrected chi connectivity index (χ3v) is 5.24. The number of ether oxygens (including phenoxy) is 2. The summed E-state index contributed by atoms with van der Waals surface area (Å²) in [4.78, 5) is 12.2. The fraction of sp³-hybridized carbons (Fsp3) is 0.192. The Balaban J connectivity index is 1.35. The summed E-state index contributed by atoms with van der Waals surface area (Å²) >= 11 is 0. The van der Waals surface area contributed by atoms with Gasteiger partial charge in [-0.3, -0.25) is 0 Å². The van der Waals surface area contributed by atoms with Gasteiger partial charge in [0.2, 0.25) is 0 Å². The van der Waals surface area contributed by atoms with E-state index in [2.05, 4.69) is 41.4 Å². The molecule has 30 heavy (non-hydrogen) atoms.